The fourth-order valence-electron chi connectivity index (χ4n) is 3.35. The van der Waals surface area contributed by atoms with Crippen LogP contribution in [0.3, 0.4) is 0 Å². The number of carbonyl (C=O) groups is 1. The van der Waals surface area contributed by atoms with Crippen LogP contribution in [-0.2, 0) is 4.79 Å². The highest BCUT2D eigenvalue weighted by Gasteiger charge is 2.26. The summed E-state index contributed by atoms with van der Waals surface area (Å²) < 4.78 is 0. The molecule has 3 unspecified atom stereocenters. The Balaban J connectivity index is 1.78. The van der Waals surface area contributed by atoms with E-state index >= 15 is 0 Å². The van der Waals surface area contributed by atoms with E-state index < -0.39 is 0 Å². The van der Waals surface area contributed by atoms with Gasteiger partial charge in [0.1, 0.15) is 0 Å². The van der Waals surface area contributed by atoms with Crippen molar-refractivity contribution in [2.45, 2.75) is 46.0 Å². The minimum Gasteiger partial charge on any atom is -0.342 e. The maximum absolute atomic E-state index is 12.3. The molecule has 0 aromatic heterocycles. The fourth-order valence-corrected chi connectivity index (χ4v) is 3.35. The second-order valence-electron chi connectivity index (χ2n) is 6.37. The molecule has 3 heteroatoms. The third-order valence-corrected chi connectivity index (χ3v) is 4.65. The van der Waals surface area contributed by atoms with Crippen LogP contribution in [0.1, 0.15) is 46.0 Å². The van der Waals surface area contributed by atoms with Crippen LogP contribution in [0.25, 0.3) is 0 Å². The lowest BCUT2D eigenvalue weighted by Gasteiger charge is -2.33. The molecule has 0 saturated carbocycles. The maximum atomic E-state index is 12.3. The molecular weight excluding hydrogens is 224 g/mol. The van der Waals surface area contributed by atoms with Crippen LogP contribution in [0, 0.1) is 17.8 Å². The predicted octanol–water partition coefficient (Wildman–Crippen LogP) is 2.27. The number of carbonyl (C=O) groups excluding carboxylic acids is 1. The van der Waals surface area contributed by atoms with E-state index in [1.165, 1.54) is 25.7 Å². The highest BCUT2D eigenvalue weighted by atomic mass is 16.2. The van der Waals surface area contributed by atoms with Gasteiger partial charge in [-0.15, -0.1) is 0 Å². The summed E-state index contributed by atoms with van der Waals surface area (Å²) in [7, 11) is 0. The predicted molar refractivity (Wildman–Crippen MR) is 74.4 cm³/mol. The quantitative estimate of drug-likeness (QED) is 0.835. The molecule has 2 aliphatic rings. The summed E-state index contributed by atoms with van der Waals surface area (Å²) in [5.41, 5.74) is 0. The van der Waals surface area contributed by atoms with Crippen molar-refractivity contribution in [3.63, 3.8) is 0 Å². The number of nitrogens with zero attached hydrogens (tertiary/aromatic N) is 1. The molecule has 2 fully saturated rings. The van der Waals surface area contributed by atoms with Crippen molar-refractivity contribution < 1.29 is 4.79 Å². The van der Waals surface area contributed by atoms with E-state index in [1.54, 1.807) is 0 Å². The molecule has 3 atom stereocenters. The Hall–Kier alpha value is -0.570. The third-order valence-electron chi connectivity index (χ3n) is 4.65. The van der Waals surface area contributed by atoms with Crippen LogP contribution in [0.5, 0.6) is 0 Å². The molecule has 2 rings (SSSR count). The number of rotatable bonds is 3. The minimum atomic E-state index is 0.389. The molecule has 0 spiro atoms. The van der Waals surface area contributed by atoms with E-state index in [1.807, 2.05) is 0 Å². The molecule has 0 radical (unpaired) electrons. The fraction of sp³-hybridized carbons (Fsp3) is 0.933. The van der Waals surface area contributed by atoms with Gasteiger partial charge in [0.15, 0.2) is 0 Å². The molecule has 0 aromatic rings. The van der Waals surface area contributed by atoms with Gasteiger partial charge in [0.2, 0.25) is 5.91 Å². The van der Waals surface area contributed by atoms with Gasteiger partial charge in [0.25, 0.3) is 0 Å². The van der Waals surface area contributed by atoms with Gasteiger partial charge in [0.05, 0.1) is 0 Å². The van der Waals surface area contributed by atoms with Crippen molar-refractivity contribution in [3.8, 4) is 0 Å². The average molecular weight is 252 g/mol. The lowest BCUT2D eigenvalue weighted by molar-refractivity contribution is -0.134. The van der Waals surface area contributed by atoms with E-state index in [-0.39, 0.29) is 0 Å². The van der Waals surface area contributed by atoms with Crippen LogP contribution in [0.2, 0.25) is 0 Å². The van der Waals surface area contributed by atoms with Crippen molar-refractivity contribution >= 4 is 5.91 Å². The first-order chi connectivity index (χ1) is 8.66. The van der Waals surface area contributed by atoms with Crippen LogP contribution in [0.4, 0.5) is 0 Å². The molecule has 2 saturated heterocycles. The molecule has 2 heterocycles. The van der Waals surface area contributed by atoms with E-state index in [4.69, 9.17) is 0 Å². The topological polar surface area (TPSA) is 32.3 Å². The second kappa shape index (κ2) is 6.55. The van der Waals surface area contributed by atoms with Gasteiger partial charge in [-0.25, -0.2) is 0 Å². The largest absolute Gasteiger partial charge is 0.342 e. The first-order valence-corrected chi connectivity index (χ1v) is 7.65. The maximum Gasteiger partial charge on any atom is 0.222 e. The summed E-state index contributed by atoms with van der Waals surface area (Å²) in [5.74, 6) is 2.31. The van der Waals surface area contributed by atoms with Crippen LogP contribution >= 0.6 is 0 Å². The normalized spacial score (nSPS) is 31.1. The highest BCUT2D eigenvalue weighted by Crippen LogP contribution is 2.24. The molecule has 18 heavy (non-hydrogen) atoms. The van der Waals surface area contributed by atoms with E-state index in [0.29, 0.717) is 23.7 Å². The number of piperidine rings is 2. The Bertz CT molecular complexity index is 274. The number of hydrogen-bond acceptors (Lipinski definition) is 2. The summed E-state index contributed by atoms with van der Waals surface area (Å²) in [5, 5.41) is 3.45. The summed E-state index contributed by atoms with van der Waals surface area (Å²) in [4.78, 5) is 14.4. The van der Waals surface area contributed by atoms with Gasteiger partial charge in [-0.2, -0.15) is 0 Å². The molecule has 2 aliphatic heterocycles. The van der Waals surface area contributed by atoms with Crippen LogP contribution in [0.15, 0.2) is 0 Å². The van der Waals surface area contributed by atoms with Crippen LogP contribution in [-0.4, -0.2) is 37.0 Å². The Morgan fingerprint density at radius 3 is 2.89 bits per heavy atom. The van der Waals surface area contributed by atoms with Gasteiger partial charge >= 0.3 is 0 Å². The van der Waals surface area contributed by atoms with Crippen molar-refractivity contribution in [3.05, 3.63) is 0 Å². The lowest BCUT2D eigenvalue weighted by atomic mass is 9.85. The lowest BCUT2D eigenvalue weighted by Crippen LogP contribution is -2.41. The van der Waals surface area contributed by atoms with Crippen LogP contribution < -0.4 is 5.32 Å². The number of nitrogens with one attached hydrogen (secondary N) is 1. The number of likely N-dealkylation sites (tertiary alicyclic amines) is 1. The molecule has 104 valence electrons. The Kier molecular flexibility index (Phi) is 5.04. The Labute approximate surface area is 111 Å². The first kappa shape index (κ1) is 13.9. The zero-order valence-corrected chi connectivity index (χ0v) is 12.0. The molecule has 0 aromatic carbocycles. The van der Waals surface area contributed by atoms with Gasteiger partial charge in [-0.1, -0.05) is 13.8 Å². The molecular formula is C15H28N2O. The van der Waals surface area contributed by atoms with Gasteiger partial charge in [0, 0.05) is 19.5 Å². The number of amides is 1. The van der Waals surface area contributed by atoms with Gasteiger partial charge in [-0.05, 0) is 56.5 Å². The third kappa shape index (κ3) is 3.71. The van der Waals surface area contributed by atoms with E-state index in [0.717, 1.165) is 32.6 Å². The molecule has 3 nitrogen and oxygen atoms in total. The minimum absolute atomic E-state index is 0.389. The SMILES string of the molecule is CC1CCCN(C(=O)CC(C)C2CCCNC2)C1. The van der Waals surface area contributed by atoms with Crippen molar-refractivity contribution in [1.82, 2.24) is 10.2 Å². The smallest absolute Gasteiger partial charge is 0.222 e. The van der Waals surface area contributed by atoms with E-state index in [9.17, 15) is 4.79 Å². The summed E-state index contributed by atoms with van der Waals surface area (Å²) in [6.45, 7) is 8.73. The summed E-state index contributed by atoms with van der Waals surface area (Å²) >= 11 is 0. The molecule has 0 aliphatic carbocycles. The average Bonchev–Trinajstić information content (AvgIpc) is 2.39. The Morgan fingerprint density at radius 1 is 1.39 bits per heavy atom. The summed E-state index contributed by atoms with van der Waals surface area (Å²) in [6.07, 6.45) is 5.78. The van der Waals surface area contributed by atoms with Crippen molar-refractivity contribution in [1.29, 1.82) is 0 Å². The highest BCUT2D eigenvalue weighted by molar-refractivity contribution is 5.76. The second-order valence-corrected chi connectivity index (χ2v) is 6.37. The molecule has 1 N–H and O–H groups in total. The standard InChI is InChI=1S/C15H28N2O/c1-12-5-4-8-17(11-12)15(18)9-13(2)14-6-3-7-16-10-14/h12-14,16H,3-11H2,1-2H3. The molecule has 0 bridgehead atoms. The zero-order chi connectivity index (χ0) is 13.0. The Morgan fingerprint density at radius 2 is 2.22 bits per heavy atom. The monoisotopic (exact) mass is 252 g/mol. The first-order valence-electron chi connectivity index (χ1n) is 7.65. The molecule has 1 amide bonds. The summed E-state index contributed by atoms with van der Waals surface area (Å²) in [6, 6.07) is 0. The van der Waals surface area contributed by atoms with E-state index in [2.05, 4.69) is 24.1 Å². The van der Waals surface area contributed by atoms with Crippen molar-refractivity contribution in [2.24, 2.45) is 17.8 Å². The van der Waals surface area contributed by atoms with Gasteiger partial charge in [-0.3, -0.25) is 4.79 Å². The number of hydrogen-bond donors (Lipinski definition) is 1. The zero-order valence-electron chi connectivity index (χ0n) is 12.0. The van der Waals surface area contributed by atoms with Gasteiger partial charge < -0.3 is 10.2 Å². The van der Waals surface area contributed by atoms with Crippen molar-refractivity contribution in [2.75, 3.05) is 26.2 Å².